The van der Waals surface area contributed by atoms with Gasteiger partial charge >= 0.3 is 0 Å². The molecule has 3 aromatic rings. The van der Waals surface area contributed by atoms with Crippen LogP contribution in [0.1, 0.15) is 15.9 Å². The van der Waals surface area contributed by atoms with Crippen LogP contribution in [0.4, 0.5) is 0 Å². The van der Waals surface area contributed by atoms with E-state index in [1.54, 1.807) is 12.1 Å². The molecule has 3 rings (SSSR count). The first-order valence-corrected chi connectivity index (χ1v) is 8.38. The summed E-state index contributed by atoms with van der Waals surface area (Å²) in [5.41, 5.74) is 1.85. The summed E-state index contributed by atoms with van der Waals surface area (Å²) in [6, 6.07) is 23.7. The summed E-state index contributed by atoms with van der Waals surface area (Å²) in [6.07, 6.45) is 0. The van der Waals surface area contributed by atoms with E-state index < -0.39 is 0 Å². The van der Waals surface area contributed by atoms with Gasteiger partial charge in [0.25, 0.3) is 0 Å². The van der Waals surface area contributed by atoms with Gasteiger partial charge in [0.1, 0.15) is 4.20 Å². The lowest BCUT2D eigenvalue weighted by atomic mass is 10.1. The van der Waals surface area contributed by atoms with E-state index in [0.29, 0.717) is 15.5 Å². The fraction of sp³-hybridized carbons (Fsp3) is 0.0526. The smallest absolute Gasteiger partial charge is 0.210 e. The van der Waals surface area contributed by atoms with Gasteiger partial charge in [-0.15, -0.1) is 11.8 Å². The van der Waals surface area contributed by atoms with Gasteiger partial charge in [0.15, 0.2) is 0 Å². The Kier molecular flexibility index (Phi) is 4.66. The van der Waals surface area contributed by atoms with Crippen LogP contribution in [0.15, 0.2) is 72.8 Å². The molecule has 0 amide bonds. The Balaban J connectivity index is 1.74. The van der Waals surface area contributed by atoms with E-state index in [-0.39, 0.29) is 5.78 Å². The number of benzene rings is 3. The highest BCUT2D eigenvalue weighted by molar-refractivity contribution is 8.24. The van der Waals surface area contributed by atoms with Gasteiger partial charge in [-0.1, -0.05) is 85.0 Å². The number of thioether (sulfide) groups is 1. The van der Waals surface area contributed by atoms with E-state index in [2.05, 4.69) is 24.3 Å². The van der Waals surface area contributed by atoms with Crippen LogP contribution in [-0.4, -0.2) is 9.98 Å². The minimum absolute atomic E-state index is 0.0687. The van der Waals surface area contributed by atoms with Crippen LogP contribution in [0.3, 0.4) is 0 Å². The van der Waals surface area contributed by atoms with Crippen molar-refractivity contribution >= 4 is 44.7 Å². The first kappa shape index (κ1) is 14.9. The largest absolute Gasteiger partial charge is 0.287 e. The van der Waals surface area contributed by atoms with Crippen LogP contribution < -0.4 is 0 Å². The summed E-state index contributed by atoms with van der Waals surface area (Å²) in [7, 11) is 0. The molecule has 1 nitrogen and oxygen atoms in total. The average molecular weight is 322 g/mol. The van der Waals surface area contributed by atoms with E-state index in [0.717, 1.165) is 0 Å². The molecule has 0 radical (unpaired) electrons. The fourth-order valence-corrected chi connectivity index (χ4v) is 3.42. The molecule has 3 heteroatoms. The van der Waals surface area contributed by atoms with E-state index >= 15 is 0 Å². The Labute approximate surface area is 139 Å². The van der Waals surface area contributed by atoms with E-state index in [1.807, 2.05) is 36.4 Å². The van der Waals surface area contributed by atoms with Crippen molar-refractivity contribution in [1.29, 1.82) is 0 Å². The summed E-state index contributed by atoms with van der Waals surface area (Å²) in [4.78, 5) is 12.3. The van der Waals surface area contributed by atoms with Crippen LogP contribution in [0, 0.1) is 0 Å². The van der Waals surface area contributed by atoms with Crippen LogP contribution in [0.5, 0.6) is 0 Å². The maximum absolute atomic E-state index is 12.3. The first-order valence-electron chi connectivity index (χ1n) is 6.99. The van der Waals surface area contributed by atoms with Crippen LogP contribution in [-0.2, 0) is 5.75 Å². The molecule has 0 bridgehead atoms. The molecule has 0 aliphatic heterocycles. The number of ketones is 1. The number of hydrogen-bond donors (Lipinski definition) is 0. The second-order valence-corrected chi connectivity index (χ2v) is 6.56. The fourth-order valence-electron chi connectivity index (χ4n) is 2.33. The molecule has 0 aliphatic rings. The zero-order valence-electron chi connectivity index (χ0n) is 11.9. The summed E-state index contributed by atoms with van der Waals surface area (Å²) in [5, 5.41) is 2.42. The van der Waals surface area contributed by atoms with Crippen LogP contribution in [0.2, 0.25) is 0 Å². The minimum Gasteiger partial charge on any atom is -0.287 e. The molecule has 0 heterocycles. The number of hydrogen-bond acceptors (Lipinski definition) is 3. The Morgan fingerprint density at radius 1 is 0.864 bits per heavy atom. The molecule has 0 saturated heterocycles. The quantitative estimate of drug-likeness (QED) is 0.480. The molecule has 108 valence electrons. The predicted molar refractivity (Wildman–Crippen MR) is 98.6 cm³/mol. The molecule has 0 aliphatic carbocycles. The molecule has 0 spiro atoms. The molecule has 0 fully saturated rings. The van der Waals surface area contributed by atoms with Gasteiger partial charge in [-0.2, -0.15) is 0 Å². The minimum atomic E-state index is -0.0687. The highest BCUT2D eigenvalue weighted by Gasteiger charge is 2.13. The van der Waals surface area contributed by atoms with Crippen molar-refractivity contribution in [2.45, 2.75) is 5.75 Å². The Morgan fingerprint density at radius 2 is 1.55 bits per heavy atom. The van der Waals surface area contributed by atoms with Crippen molar-refractivity contribution in [2.24, 2.45) is 0 Å². The zero-order valence-corrected chi connectivity index (χ0v) is 13.5. The Hall–Kier alpha value is -1.97. The third kappa shape index (κ3) is 3.26. The second-order valence-electron chi connectivity index (χ2n) is 4.91. The van der Waals surface area contributed by atoms with Crippen molar-refractivity contribution in [3.63, 3.8) is 0 Å². The molecule has 22 heavy (non-hydrogen) atoms. The molecule has 3 aromatic carbocycles. The SMILES string of the molecule is O=C(C(=S)SCc1cccc2ccccc12)c1ccccc1. The second kappa shape index (κ2) is 6.86. The molecular weight excluding hydrogens is 308 g/mol. The predicted octanol–water partition coefficient (Wildman–Crippen LogP) is 5.28. The van der Waals surface area contributed by atoms with Crippen molar-refractivity contribution in [3.8, 4) is 0 Å². The summed E-state index contributed by atoms with van der Waals surface area (Å²) in [6.45, 7) is 0. The van der Waals surface area contributed by atoms with E-state index in [4.69, 9.17) is 12.2 Å². The van der Waals surface area contributed by atoms with Gasteiger partial charge in [-0.3, -0.25) is 4.79 Å². The summed E-state index contributed by atoms with van der Waals surface area (Å²) in [5.74, 6) is 0.638. The van der Waals surface area contributed by atoms with E-state index in [9.17, 15) is 4.79 Å². The third-order valence-corrected chi connectivity index (χ3v) is 4.90. The summed E-state index contributed by atoms with van der Waals surface area (Å²) >= 11 is 6.72. The molecule has 0 aromatic heterocycles. The van der Waals surface area contributed by atoms with Gasteiger partial charge in [0.2, 0.25) is 5.78 Å². The topological polar surface area (TPSA) is 17.1 Å². The lowest BCUT2D eigenvalue weighted by molar-refractivity contribution is 0.107. The lowest BCUT2D eigenvalue weighted by Crippen LogP contribution is -2.08. The third-order valence-electron chi connectivity index (χ3n) is 3.46. The number of Topliss-reactive ketones (excluding diaryl/α,β-unsaturated/α-hetero) is 1. The van der Waals surface area contributed by atoms with Crippen molar-refractivity contribution in [2.75, 3.05) is 0 Å². The maximum atomic E-state index is 12.3. The number of thiocarbonyl (C=S) groups is 1. The number of carbonyl (C=O) groups is 1. The molecule has 0 saturated carbocycles. The van der Waals surface area contributed by atoms with Crippen LogP contribution in [0.25, 0.3) is 10.8 Å². The maximum Gasteiger partial charge on any atom is 0.210 e. The number of rotatable bonds is 4. The molecular formula is C19H14OS2. The van der Waals surface area contributed by atoms with Crippen LogP contribution >= 0.6 is 24.0 Å². The summed E-state index contributed by atoms with van der Waals surface area (Å²) < 4.78 is 0.416. The van der Waals surface area contributed by atoms with Gasteiger partial charge in [-0.25, -0.2) is 0 Å². The monoisotopic (exact) mass is 322 g/mol. The van der Waals surface area contributed by atoms with Gasteiger partial charge in [-0.05, 0) is 16.3 Å². The average Bonchev–Trinajstić information content (AvgIpc) is 2.59. The van der Waals surface area contributed by atoms with Gasteiger partial charge in [0, 0.05) is 11.3 Å². The lowest BCUT2D eigenvalue weighted by Gasteiger charge is -2.07. The van der Waals surface area contributed by atoms with Gasteiger partial charge in [0.05, 0.1) is 0 Å². The van der Waals surface area contributed by atoms with Gasteiger partial charge < -0.3 is 0 Å². The Morgan fingerprint density at radius 3 is 2.36 bits per heavy atom. The highest BCUT2D eigenvalue weighted by Crippen LogP contribution is 2.24. The molecule has 0 unspecified atom stereocenters. The van der Waals surface area contributed by atoms with Crippen molar-refractivity contribution < 1.29 is 4.79 Å². The number of carbonyl (C=O) groups excluding carboxylic acids is 1. The van der Waals surface area contributed by atoms with E-state index in [1.165, 1.54) is 28.1 Å². The Bertz CT molecular complexity index is 820. The highest BCUT2D eigenvalue weighted by atomic mass is 32.2. The van der Waals surface area contributed by atoms with Crippen molar-refractivity contribution in [1.82, 2.24) is 0 Å². The molecule has 0 atom stereocenters. The van der Waals surface area contributed by atoms with Crippen molar-refractivity contribution in [3.05, 3.63) is 83.9 Å². The standard InChI is InChI=1S/C19H14OS2/c20-18(15-8-2-1-3-9-15)19(21)22-13-16-11-6-10-14-7-4-5-12-17(14)16/h1-12H,13H2. The normalized spacial score (nSPS) is 10.5. The molecule has 0 N–H and O–H groups in total. The first-order chi connectivity index (χ1) is 10.8. The zero-order chi connectivity index (χ0) is 15.4. The number of fused-ring (bicyclic) bond motifs is 1.